The Balaban J connectivity index is 1.47. The second-order valence-corrected chi connectivity index (χ2v) is 8.25. The van der Waals surface area contributed by atoms with E-state index in [0.717, 1.165) is 30.8 Å². The molecule has 1 atom stereocenters. The van der Waals surface area contributed by atoms with Gasteiger partial charge in [-0.1, -0.05) is 5.16 Å². The summed E-state index contributed by atoms with van der Waals surface area (Å²) in [6, 6.07) is 0. The Morgan fingerprint density at radius 3 is 2.64 bits per heavy atom. The Morgan fingerprint density at radius 1 is 1.24 bits per heavy atom. The molecule has 2 aliphatic rings. The summed E-state index contributed by atoms with van der Waals surface area (Å²) >= 11 is 0. The summed E-state index contributed by atoms with van der Waals surface area (Å²) in [4.78, 5) is 19.3. The minimum absolute atomic E-state index is 0.0393. The molecule has 2 fully saturated rings. The second-order valence-electron chi connectivity index (χ2n) is 8.25. The lowest BCUT2D eigenvalue weighted by Crippen LogP contribution is -2.29. The van der Waals surface area contributed by atoms with Crippen LogP contribution in [0.1, 0.15) is 79.6 Å². The van der Waals surface area contributed by atoms with E-state index in [1.807, 2.05) is 22.7 Å². The van der Waals surface area contributed by atoms with Crippen LogP contribution in [0.3, 0.4) is 0 Å². The molecule has 0 N–H and O–H groups in total. The van der Waals surface area contributed by atoms with Gasteiger partial charge < -0.3 is 9.42 Å². The van der Waals surface area contributed by atoms with Crippen molar-refractivity contribution < 1.29 is 9.32 Å². The fraction of sp³-hybridized carbons (Fsp3) is 0.667. The summed E-state index contributed by atoms with van der Waals surface area (Å²) < 4.78 is 7.30. The molecular formula is C18H25N5O2. The van der Waals surface area contributed by atoms with Crippen LogP contribution in [0.25, 0.3) is 0 Å². The number of carbonyl (C=O) groups is 1. The zero-order valence-electron chi connectivity index (χ0n) is 15.3. The van der Waals surface area contributed by atoms with E-state index in [1.165, 1.54) is 0 Å². The summed E-state index contributed by atoms with van der Waals surface area (Å²) in [7, 11) is 0. The number of rotatable bonds is 3. The van der Waals surface area contributed by atoms with Gasteiger partial charge in [0, 0.05) is 25.2 Å². The monoisotopic (exact) mass is 343 g/mol. The third-order valence-electron chi connectivity index (χ3n) is 5.04. The largest absolute Gasteiger partial charge is 0.339 e. The molecule has 2 aromatic heterocycles. The molecule has 1 aliphatic heterocycles. The Kier molecular flexibility index (Phi) is 3.70. The summed E-state index contributed by atoms with van der Waals surface area (Å²) in [5, 5.41) is 8.60. The highest BCUT2D eigenvalue weighted by Gasteiger charge is 2.35. The molecule has 3 heterocycles. The van der Waals surface area contributed by atoms with Gasteiger partial charge in [0.15, 0.2) is 5.82 Å². The number of hydrogen-bond donors (Lipinski definition) is 0. The first-order chi connectivity index (χ1) is 11.8. The minimum Gasteiger partial charge on any atom is -0.339 e. The molecule has 0 unspecified atom stereocenters. The number of aromatic nitrogens is 4. The van der Waals surface area contributed by atoms with Gasteiger partial charge in [0.25, 0.3) is 5.91 Å². The highest BCUT2D eigenvalue weighted by atomic mass is 16.5. The molecule has 1 aliphatic carbocycles. The molecule has 0 spiro atoms. The van der Waals surface area contributed by atoms with Crippen LogP contribution < -0.4 is 0 Å². The topological polar surface area (TPSA) is 77.1 Å². The van der Waals surface area contributed by atoms with E-state index in [-0.39, 0.29) is 17.4 Å². The van der Waals surface area contributed by atoms with Crippen molar-refractivity contribution in [2.75, 3.05) is 13.1 Å². The lowest BCUT2D eigenvalue weighted by atomic mass is 10.1. The number of carbonyl (C=O) groups excluding carboxylic acids is 1. The first-order valence-electron chi connectivity index (χ1n) is 9.02. The molecule has 134 valence electrons. The zero-order valence-corrected chi connectivity index (χ0v) is 15.3. The predicted molar refractivity (Wildman–Crippen MR) is 91.5 cm³/mol. The van der Waals surface area contributed by atoms with Crippen molar-refractivity contribution in [3.05, 3.63) is 29.2 Å². The van der Waals surface area contributed by atoms with E-state index in [0.29, 0.717) is 30.5 Å². The molecule has 4 rings (SSSR count). The molecule has 0 aromatic carbocycles. The van der Waals surface area contributed by atoms with Crippen LogP contribution in [0.15, 0.2) is 10.7 Å². The minimum atomic E-state index is -0.139. The summed E-state index contributed by atoms with van der Waals surface area (Å²) in [5.74, 6) is 2.18. The zero-order chi connectivity index (χ0) is 17.8. The van der Waals surface area contributed by atoms with E-state index in [2.05, 4.69) is 36.0 Å². The predicted octanol–water partition coefficient (Wildman–Crippen LogP) is 2.84. The van der Waals surface area contributed by atoms with E-state index < -0.39 is 0 Å². The van der Waals surface area contributed by atoms with Crippen molar-refractivity contribution in [1.82, 2.24) is 24.8 Å². The molecule has 0 radical (unpaired) electrons. The first kappa shape index (κ1) is 16.3. The van der Waals surface area contributed by atoms with Gasteiger partial charge in [0.05, 0.1) is 22.7 Å². The van der Waals surface area contributed by atoms with Crippen molar-refractivity contribution in [2.24, 2.45) is 0 Å². The number of likely N-dealkylation sites (tertiary alicyclic amines) is 1. The summed E-state index contributed by atoms with van der Waals surface area (Å²) in [6.45, 7) is 9.46. The van der Waals surface area contributed by atoms with Gasteiger partial charge in [-0.3, -0.25) is 9.48 Å². The normalized spacial score (nSPS) is 21.1. The SMILES string of the molecule is Cc1nn(C(C)(C)C)cc1C(=O)N1CC[C@@H](c2nc(C3CC3)no2)C1. The number of nitrogens with zero attached hydrogens (tertiary/aromatic N) is 5. The molecule has 2 aromatic rings. The van der Waals surface area contributed by atoms with Crippen LogP contribution in [-0.2, 0) is 5.54 Å². The van der Waals surface area contributed by atoms with Crippen LogP contribution in [0.2, 0.25) is 0 Å². The maximum Gasteiger partial charge on any atom is 0.257 e. The molecule has 1 saturated heterocycles. The van der Waals surface area contributed by atoms with E-state index in [9.17, 15) is 4.79 Å². The highest BCUT2D eigenvalue weighted by Crippen LogP contribution is 2.39. The number of hydrogen-bond acceptors (Lipinski definition) is 5. The Hall–Kier alpha value is -2.18. The van der Waals surface area contributed by atoms with Crippen LogP contribution >= 0.6 is 0 Å². The first-order valence-corrected chi connectivity index (χ1v) is 9.02. The van der Waals surface area contributed by atoms with Crippen molar-refractivity contribution in [1.29, 1.82) is 0 Å². The van der Waals surface area contributed by atoms with Gasteiger partial charge in [-0.25, -0.2) is 0 Å². The van der Waals surface area contributed by atoms with Crippen LogP contribution in [0.4, 0.5) is 0 Å². The lowest BCUT2D eigenvalue weighted by Gasteiger charge is -2.19. The van der Waals surface area contributed by atoms with Crippen LogP contribution in [-0.4, -0.2) is 43.8 Å². The smallest absolute Gasteiger partial charge is 0.257 e. The van der Waals surface area contributed by atoms with Gasteiger partial charge in [-0.2, -0.15) is 10.1 Å². The third kappa shape index (κ3) is 3.07. The van der Waals surface area contributed by atoms with Gasteiger partial charge >= 0.3 is 0 Å². The quantitative estimate of drug-likeness (QED) is 0.856. The van der Waals surface area contributed by atoms with Gasteiger partial charge in [-0.15, -0.1) is 0 Å². The van der Waals surface area contributed by atoms with Crippen molar-refractivity contribution in [2.45, 2.75) is 64.3 Å². The molecule has 1 saturated carbocycles. The highest BCUT2D eigenvalue weighted by molar-refractivity contribution is 5.95. The fourth-order valence-corrected chi connectivity index (χ4v) is 3.25. The average molecular weight is 343 g/mol. The Morgan fingerprint density at radius 2 is 2.00 bits per heavy atom. The summed E-state index contributed by atoms with van der Waals surface area (Å²) in [5.41, 5.74) is 1.32. The number of aryl methyl sites for hydroxylation is 1. The van der Waals surface area contributed by atoms with Crippen LogP contribution in [0, 0.1) is 6.92 Å². The van der Waals surface area contributed by atoms with E-state index in [4.69, 9.17) is 4.52 Å². The van der Waals surface area contributed by atoms with Crippen LogP contribution in [0.5, 0.6) is 0 Å². The van der Waals surface area contributed by atoms with Gasteiger partial charge in [0.1, 0.15) is 0 Å². The average Bonchev–Trinajstić information content (AvgIpc) is 2.99. The second kappa shape index (κ2) is 5.68. The Bertz CT molecular complexity index is 797. The molecular weight excluding hydrogens is 318 g/mol. The van der Waals surface area contributed by atoms with Gasteiger partial charge in [0.2, 0.25) is 5.89 Å². The molecule has 7 nitrogen and oxygen atoms in total. The van der Waals surface area contributed by atoms with Crippen molar-refractivity contribution >= 4 is 5.91 Å². The van der Waals surface area contributed by atoms with Crippen molar-refractivity contribution in [3.63, 3.8) is 0 Å². The maximum absolute atomic E-state index is 12.9. The van der Waals surface area contributed by atoms with E-state index in [1.54, 1.807) is 0 Å². The Labute approximate surface area is 147 Å². The third-order valence-corrected chi connectivity index (χ3v) is 5.04. The molecule has 7 heteroatoms. The maximum atomic E-state index is 12.9. The molecule has 1 amide bonds. The standard InChI is InChI=1S/C18H25N5O2/c1-11-14(10-23(20-11)18(2,3)4)17(24)22-8-7-13(9-22)16-19-15(21-25-16)12-5-6-12/h10,12-13H,5-9H2,1-4H3/t13-/m1/s1. The lowest BCUT2D eigenvalue weighted by molar-refractivity contribution is 0.0788. The molecule has 0 bridgehead atoms. The van der Waals surface area contributed by atoms with Crippen molar-refractivity contribution in [3.8, 4) is 0 Å². The van der Waals surface area contributed by atoms with Gasteiger partial charge in [-0.05, 0) is 47.0 Å². The molecule has 25 heavy (non-hydrogen) atoms. The number of amides is 1. The summed E-state index contributed by atoms with van der Waals surface area (Å²) in [6.07, 6.45) is 5.05. The fourth-order valence-electron chi connectivity index (χ4n) is 3.25. The van der Waals surface area contributed by atoms with E-state index >= 15 is 0 Å².